The Hall–Kier alpha value is -0.360. The lowest BCUT2D eigenvalue weighted by molar-refractivity contribution is 0.0578. The van der Waals surface area contributed by atoms with Gasteiger partial charge >= 0.3 is 0 Å². The number of hydrogen-bond donors (Lipinski definition) is 1. The minimum absolute atomic E-state index is 0. The smallest absolute Gasteiger partial charge is 0.180 e. The van der Waals surface area contributed by atoms with Crippen LogP contribution in [0.5, 0.6) is 0 Å². The van der Waals surface area contributed by atoms with Crippen LogP contribution in [0.4, 0.5) is 5.13 Å². The fourth-order valence-electron chi connectivity index (χ4n) is 2.42. The second kappa shape index (κ2) is 6.70. The standard InChI is InChI=1S/C12H22N4S.ClH/c1-9(2)11-8-15(3)4-5-16(11)7-10-6-14-12(13)17-10;/h6,9,11H,4-5,7-8H2,1-3H3,(H2,13,14);1H. The van der Waals surface area contributed by atoms with Crippen LogP contribution in [0.1, 0.15) is 18.7 Å². The Balaban J connectivity index is 0.00000162. The summed E-state index contributed by atoms with van der Waals surface area (Å²) in [5.74, 6) is 0.683. The van der Waals surface area contributed by atoms with Crippen molar-refractivity contribution in [1.29, 1.82) is 0 Å². The quantitative estimate of drug-likeness (QED) is 0.924. The van der Waals surface area contributed by atoms with Crippen LogP contribution in [-0.2, 0) is 6.54 Å². The first-order valence-electron chi connectivity index (χ1n) is 6.19. The van der Waals surface area contributed by atoms with Crippen molar-refractivity contribution >= 4 is 28.9 Å². The van der Waals surface area contributed by atoms with E-state index in [4.69, 9.17) is 5.73 Å². The van der Waals surface area contributed by atoms with Gasteiger partial charge in [-0.2, -0.15) is 0 Å². The van der Waals surface area contributed by atoms with E-state index in [1.165, 1.54) is 4.88 Å². The van der Waals surface area contributed by atoms with Crippen molar-refractivity contribution in [1.82, 2.24) is 14.8 Å². The van der Waals surface area contributed by atoms with Gasteiger partial charge in [-0.1, -0.05) is 13.8 Å². The number of nitrogens with zero attached hydrogens (tertiary/aromatic N) is 3. The van der Waals surface area contributed by atoms with Gasteiger partial charge in [-0.3, -0.25) is 4.90 Å². The van der Waals surface area contributed by atoms with E-state index in [1.54, 1.807) is 11.3 Å². The fraction of sp³-hybridized carbons (Fsp3) is 0.750. The van der Waals surface area contributed by atoms with E-state index in [2.05, 4.69) is 35.7 Å². The number of nitrogens with two attached hydrogens (primary N) is 1. The number of aromatic nitrogens is 1. The number of anilines is 1. The molecule has 0 radical (unpaired) electrons. The fourth-order valence-corrected chi connectivity index (χ4v) is 3.13. The van der Waals surface area contributed by atoms with Gasteiger partial charge in [0.05, 0.1) is 0 Å². The van der Waals surface area contributed by atoms with Crippen molar-refractivity contribution in [3.05, 3.63) is 11.1 Å². The molecule has 1 unspecified atom stereocenters. The number of likely N-dealkylation sites (N-methyl/N-ethyl adjacent to an activating group) is 1. The summed E-state index contributed by atoms with van der Waals surface area (Å²) in [5, 5.41) is 0.676. The number of hydrogen-bond acceptors (Lipinski definition) is 5. The third kappa shape index (κ3) is 3.82. The van der Waals surface area contributed by atoms with Crippen LogP contribution in [-0.4, -0.2) is 47.5 Å². The van der Waals surface area contributed by atoms with Gasteiger partial charge in [0.15, 0.2) is 5.13 Å². The molecule has 18 heavy (non-hydrogen) atoms. The lowest BCUT2D eigenvalue weighted by Crippen LogP contribution is -2.53. The Bertz CT molecular complexity index is 369. The van der Waals surface area contributed by atoms with Gasteiger partial charge in [-0.25, -0.2) is 4.98 Å². The van der Waals surface area contributed by atoms with Crippen LogP contribution in [0.3, 0.4) is 0 Å². The second-order valence-corrected chi connectivity index (χ2v) is 6.36. The van der Waals surface area contributed by atoms with E-state index in [9.17, 15) is 0 Å². The van der Waals surface area contributed by atoms with Gasteiger partial charge in [0.2, 0.25) is 0 Å². The average molecular weight is 291 g/mol. The molecule has 2 N–H and O–H groups in total. The summed E-state index contributed by atoms with van der Waals surface area (Å²) >= 11 is 1.61. The first kappa shape index (κ1) is 15.7. The Morgan fingerprint density at radius 2 is 2.22 bits per heavy atom. The molecule has 0 bridgehead atoms. The number of rotatable bonds is 3. The normalized spacial score (nSPS) is 22.1. The highest BCUT2D eigenvalue weighted by Gasteiger charge is 2.27. The summed E-state index contributed by atoms with van der Waals surface area (Å²) < 4.78 is 0. The third-order valence-electron chi connectivity index (χ3n) is 3.44. The van der Waals surface area contributed by atoms with E-state index in [0.29, 0.717) is 17.1 Å². The largest absolute Gasteiger partial charge is 0.375 e. The molecule has 1 saturated heterocycles. The monoisotopic (exact) mass is 290 g/mol. The van der Waals surface area contributed by atoms with Crippen molar-refractivity contribution in [3.8, 4) is 0 Å². The van der Waals surface area contributed by atoms with E-state index in [1.807, 2.05) is 6.20 Å². The molecule has 4 nitrogen and oxygen atoms in total. The molecular weight excluding hydrogens is 268 g/mol. The molecule has 1 fully saturated rings. The predicted octanol–water partition coefficient (Wildman–Crippen LogP) is 1.92. The van der Waals surface area contributed by atoms with Gasteiger partial charge in [-0.05, 0) is 13.0 Å². The summed E-state index contributed by atoms with van der Waals surface area (Å²) in [6.07, 6.45) is 1.91. The maximum Gasteiger partial charge on any atom is 0.180 e. The van der Waals surface area contributed by atoms with E-state index in [-0.39, 0.29) is 12.4 Å². The SMILES string of the molecule is CC(C)C1CN(C)CCN1Cc1cnc(N)s1.Cl. The van der Waals surface area contributed by atoms with Crippen molar-refractivity contribution in [2.45, 2.75) is 26.4 Å². The van der Waals surface area contributed by atoms with Crippen molar-refractivity contribution in [2.24, 2.45) is 5.92 Å². The Kier molecular flexibility index (Phi) is 5.85. The molecule has 1 atom stereocenters. The first-order chi connectivity index (χ1) is 8.06. The van der Waals surface area contributed by atoms with Crippen molar-refractivity contribution < 1.29 is 0 Å². The Morgan fingerprint density at radius 1 is 1.50 bits per heavy atom. The topological polar surface area (TPSA) is 45.4 Å². The molecule has 1 aliphatic heterocycles. The van der Waals surface area contributed by atoms with Gasteiger partial charge in [-0.15, -0.1) is 23.7 Å². The summed E-state index contributed by atoms with van der Waals surface area (Å²) in [4.78, 5) is 10.4. The van der Waals surface area contributed by atoms with Gasteiger partial charge in [0.25, 0.3) is 0 Å². The maximum absolute atomic E-state index is 5.68. The van der Waals surface area contributed by atoms with Crippen LogP contribution in [0.25, 0.3) is 0 Å². The molecule has 2 rings (SSSR count). The molecule has 6 heteroatoms. The van der Waals surface area contributed by atoms with E-state index in [0.717, 1.165) is 26.2 Å². The molecular formula is C12H23ClN4S. The van der Waals surface area contributed by atoms with Crippen LogP contribution >= 0.6 is 23.7 Å². The van der Waals surface area contributed by atoms with Gasteiger partial charge in [0.1, 0.15) is 0 Å². The van der Waals surface area contributed by atoms with Crippen LogP contribution in [0, 0.1) is 5.92 Å². The lowest BCUT2D eigenvalue weighted by Gasteiger charge is -2.42. The molecule has 0 amide bonds. The van der Waals surface area contributed by atoms with Gasteiger partial charge < -0.3 is 10.6 Å². The zero-order valence-corrected chi connectivity index (χ0v) is 12.9. The molecule has 0 saturated carbocycles. The number of halogens is 1. The number of nitrogen functional groups attached to an aromatic ring is 1. The molecule has 0 aliphatic carbocycles. The van der Waals surface area contributed by atoms with Crippen LogP contribution < -0.4 is 5.73 Å². The minimum atomic E-state index is 0. The molecule has 1 aromatic rings. The molecule has 2 heterocycles. The summed E-state index contributed by atoms with van der Waals surface area (Å²) in [6, 6.07) is 0.636. The molecule has 1 aliphatic rings. The summed E-state index contributed by atoms with van der Waals surface area (Å²) in [5.41, 5.74) is 5.68. The zero-order chi connectivity index (χ0) is 12.4. The Morgan fingerprint density at radius 3 is 2.78 bits per heavy atom. The average Bonchev–Trinajstić information content (AvgIpc) is 2.66. The highest BCUT2D eigenvalue weighted by molar-refractivity contribution is 7.15. The predicted molar refractivity (Wildman–Crippen MR) is 80.3 cm³/mol. The Labute approximate surface area is 120 Å². The van der Waals surface area contributed by atoms with E-state index >= 15 is 0 Å². The second-order valence-electron chi connectivity index (χ2n) is 5.21. The highest BCUT2D eigenvalue weighted by atomic mass is 35.5. The minimum Gasteiger partial charge on any atom is -0.375 e. The first-order valence-corrected chi connectivity index (χ1v) is 7.00. The van der Waals surface area contributed by atoms with E-state index < -0.39 is 0 Å². The zero-order valence-electron chi connectivity index (χ0n) is 11.3. The van der Waals surface area contributed by atoms with Gasteiger partial charge in [0, 0.05) is 43.3 Å². The molecule has 1 aromatic heterocycles. The molecule has 0 spiro atoms. The van der Waals surface area contributed by atoms with Crippen LogP contribution in [0.2, 0.25) is 0 Å². The maximum atomic E-state index is 5.68. The molecule has 104 valence electrons. The van der Waals surface area contributed by atoms with Crippen LogP contribution in [0.15, 0.2) is 6.20 Å². The lowest BCUT2D eigenvalue weighted by atomic mass is 10.00. The molecule has 0 aromatic carbocycles. The number of piperazine rings is 1. The summed E-state index contributed by atoms with van der Waals surface area (Å²) in [7, 11) is 2.21. The summed E-state index contributed by atoms with van der Waals surface area (Å²) in [6.45, 7) is 9.04. The van der Waals surface area contributed by atoms with Crippen molar-refractivity contribution in [2.75, 3.05) is 32.4 Å². The van der Waals surface area contributed by atoms with Crippen molar-refractivity contribution in [3.63, 3.8) is 0 Å². The number of thiazole rings is 1. The third-order valence-corrected chi connectivity index (χ3v) is 4.25. The highest BCUT2D eigenvalue weighted by Crippen LogP contribution is 2.22.